The molecule has 3 N–H and O–H groups in total. The van der Waals surface area contributed by atoms with E-state index in [9.17, 15) is 9.59 Å². The highest BCUT2D eigenvalue weighted by Gasteiger charge is 2.14. The maximum atomic E-state index is 12.0. The molecule has 1 aromatic carbocycles. The first kappa shape index (κ1) is 16.3. The lowest BCUT2D eigenvalue weighted by molar-refractivity contribution is 0.0697. The van der Waals surface area contributed by atoms with Crippen LogP contribution >= 0.6 is 11.6 Å². The molecular formula is C13H17ClN2O4. The van der Waals surface area contributed by atoms with Crippen LogP contribution in [0, 0.1) is 0 Å². The Hall–Kier alpha value is -1.79. The molecule has 0 unspecified atom stereocenters. The molecule has 0 spiro atoms. The highest BCUT2D eigenvalue weighted by atomic mass is 35.5. The van der Waals surface area contributed by atoms with Gasteiger partial charge in [0.2, 0.25) is 0 Å². The Labute approximate surface area is 122 Å². The van der Waals surface area contributed by atoms with Gasteiger partial charge in [0.15, 0.2) is 0 Å². The van der Waals surface area contributed by atoms with E-state index in [0.29, 0.717) is 12.2 Å². The normalized spacial score (nSPS) is 10.2. The minimum absolute atomic E-state index is 0.0498. The van der Waals surface area contributed by atoms with Crippen LogP contribution in [0.3, 0.4) is 0 Å². The molecule has 0 saturated carbocycles. The average Bonchev–Trinajstić information content (AvgIpc) is 2.40. The van der Waals surface area contributed by atoms with Crippen LogP contribution in [-0.2, 0) is 0 Å². The van der Waals surface area contributed by atoms with Crippen molar-refractivity contribution in [1.29, 1.82) is 0 Å². The minimum Gasteiger partial charge on any atom is -0.478 e. The second-order valence-corrected chi connectivity index (χ2v) is 4.55. The third kappa shape index (κ3) is 4.40. The summed E-state index contributed by atoms with van der Waals surface area (Å²) in [5, 5.41) is 20.5. The fraction of sp³-hybridized carbons (Fsp3) is 0.385. The summed E-state index contributed by atoms with van der Waals surface area (Å²) in [5.74, 6) is -1.09. The van der Waals surface area contributed by atoms with Crippen LogP contribution in [0.2, 0.25) is 5.02 Å². The number of hydrogen-bond donors (Lipinski definition) is 3. The van der Waals surface area contributed by atoms with Gasteiger partial charge in [-0.15, -0.1) is 0 Å². The fourth-order valence-electron chi connectivity index (χ4n) is 1.65. The van der Waals surface area contributed by atoms with Gasteiger partial charge >= 0.3 is 12.0 Å². The molecule has 20 heavy (non-hydrogen) atoms. The number of rotatable bonds is 6. The Bertz CT molecular complexity index is 487. The van der Waals surface area contributed by atoms with E-state index < -0.39 is 5.97 Å². The number of urea groups is 1. The van der Waals surface area contributed by atoms with Gasteiger partial charge in [0.05, 0.1) is 22.9 Å². The number of amides is 2. The van der Waals surface area contributed by atoms with Gasteiger partial charge in [-0.3, -0.25) is 0 Å². The van der Waals surface area contributed by atoms with Crippen LogP contribution in [0.25, 0.3) is 0 Å². The molecule has 0 saturated heterocycles. The van der Waals surface area contributed by atoms with E-state index in [4.69, 9.17) is 21.8 Å². The smallest absolute Gasteiger partial charge is 0.335 e. The summed E-state index contributed by atoms with van der Waals surface area (Å²) in [6, 6.07) is 3.69. The van der Waals surface area contributed by atoms with E-state index in [1.54, 1.807) is 0 Å². The minimum atomic E-state index is -1.09. The number of carboxylic acids is 1. The second kappa shape index (κ2) is 7.72. The first-order chi connectivity index (χ1) is 9.49. The maximum absolute atomic E-state index is 12.0. The molecule has 0 aliphatic carbocycles. The Morgan fingerprint density at radius 3 is 2.55 bits per heavy atom. The van der Waals surface area contributed by atoms with Crippen LogP contribution in [0.5, 0.6) is 0 Å². The Balaban J connectivity index is 2.81. The van der Waals surface area contributed by atoms with Gasteiger partial charge in [-0.05, 0) is 24.6 Å². The number of hydrogen-bond acceptors (Lipinski definition) is 3. The molecule has 0 fully saturated rings. The van der Waals surface area contributed by atoms with Crippen LogP contribution in [0.15, 0.2) is 18.2 Å². The maximum Gasteiger partial charge on any atom is 0.335 e. The zero-order chi connectivity index (χ0) is 15.1. The molecule has 0 aliphatic rings. The second-order valence-electron chi connectivity index (χ2n) is 4.14. The molecule has 0 radical (unpaired) electrons. The molecule has 0 aromatic heterocycles. The third-order valence-electron chi connectivity index (χ3n) is 2.61. The summed E-state index contributed by atoms with van der Waals surface area (Å²) in [7, 11) is 0. The lowest BCUT2D eigenvalue weighted by Crippen LogP contribution is -2.37. The largest absolute Gasteiger partial charge is 0.478 e. The molecule has 1 aromatic rings. The van der Waals surface area contributed by atoms with Gasteiger partial charge in [0.25, 0.3) is 0 Å². The molecule has 0 bridgehead atoms. The summed E-state index contributed by atoms with van der Waals surface area (Å²) < 4.78 is 0. The lowest BCUT2D eigenvalue weighted by atomic mass is 10.2. The quantitative estimate of drug-likeness (QED) is 0.752. The van der Waals surface area contributed by atoms with Crippen molar-refractivity contribution >= 4 is 29.3 Å². The molecule has 0 aliphatic heterocycles. The molecule has 110 valence electrons. The standard InChI is InChI=1S/C13H17ClN2O4/c1-2-5-16(6-7-17)13(20)15-11-4-3-9(12(18)19)8-10(11)14/h3-4,8,17H,2,5-7H2,1H3,(H,15,20)(H,18,19). The van der Waals surface area contributed by atoms with Crippen LogP contribution in [0.1, 0.15) is 23.7 Å². The monoisotopic (exact) mass is 300 g/mol. The highest BCUT2D eigenvalue weighted by molar-refractivity contribution is 6.34. The molecule has 0 atom stereocenters. The predicted octanol–water partition coefficient (Wildman–Crippen LogP) is 2.27. The average molecular weight is 301 g/mol. The number of carbonyl (C=O) groups is 2. The molecule has 2 amide bonds. The summed E-state index contributed by atoms with van der Waals surface area (Å²) in [6.07, 6.45) is 0.763. The summed E-state index contributed by atoms with van der Waals surface area (Å²) in [6.45, 7) is 2.53. The van der Waals surface area contributed by atoms with E-state index in [-0.39, 0.29) is 29.8 Å². The number of aliphatic hydroxyl groups excluding tert-OH is 1. The lowest BCUT2D eigenvalue weighted by Gasteiger charge is -2.21. The number of halogens is 1. The highest BCUT2D eigenvalue weighted by Crippen LogP contribution is 2.23. The van der Waals surface area contributed by atoms with Crippen molar-refractivity contribution < 1.29 is 19.8 Å². The number of anilines is 1. The molecule has 1 rings (SSSR count). The van der Waals surface area contributed by atoms with Crippen molar-refractivity contribution in [2.45, 2.75) is 13.3 Å². The molecule has 6 nitrogen and oxygen atoms in total. The number of carboxylic acid groups (broad SMARTS) is 1. The van der Waals surface area contributed by atoms with Crippen molar-refractivity contribution in [3.8, 4) is 0 Å². The van der Waals surface area contributed by atoms with Gasteiger partial charge in [-0.25, -0.2) is 9.59 Å². The van der Waals surface area contributed by atoms with Gasteiger partial charge in [-0.1, -0.05) is 18.5 Å². The summed E-state index contributed by atoms with van der Waals surface area (Å²) >= 11 is 5.93. The summed E-state index contributed by atoms with van der Waals surface area (Å²) in [5.41, 5.74) is 0.384. The number of nitrogens with zero attached hydrogens (tertiary/aromatic N) is 1. The molecule has 7 heteroatoms. The van der Waals surface area contributed by atoms with Gasteiger partial charge in [-0.2, -0.15) is 0 Å². The van der Waals surface area contributed by atoms with Crippen molar-refractivity contribution in [2.24, 2.45) is 0 Å². The van der Waals surface area contributed by atoms with E-state index in [1.807, 2.05) is 6.92 Å². The van der Waals surface area contributed by atoms with Crippen molar-refractivity contribution in [3.63, 3.8) is 0 Å². The Kier molecular flexibility index (Phi) is 6.27. The number of carbonyl (C=O) groups excluding carboxylic acids is 1. The van der Waals surface area contributed by atoms with E-state index in [1.165, 1.54) is 23.1 Å². The Morgan fingerprint density at radius 2 is 2.05 bits per heavy atom. The van der Waals surface area contributed by atoms with Gasteiger partial charge in [0.1, 0.15) is 0 Å². The van der Waals surface area contributed by atoms with Gasteiger partial charge in [0, 0.05) is 13.1 Å². The molecule has 0 heterocycles. The summed E-state index contributed by atoms with van der Waals surface area (Å²) in [4.78, 5) is 24.2. The topological polar surface area (TPSA) is 89.9 Å². The zero-order valence-electron chi connectivity index (χ0n) is 11.1. The number of aromatic carboxylic acids is 1. The van der Waals surface area contributed by atoms with Crippen LogP contribution in [-0.4, -0.2) is 46.8 Å². The van der Waals surface area contributed by atoms with E-state index >= 15 is 0 Å². The first-order valence-corrected chi connectivity index (χ1v) is 6.57. The number of aliphatic hydroxyl groups is 1. The fourth-order valence-corrected chi connectivity index (χ4v) is 1.88. The van der Waals surface area contributed by atoms with Crippen molar-refractivity contribution in [2.75, 3.05) is 25.0 Å². The SMILES string of the molecule is CCCN(CCO)C(=O)Nc1ccc(C(=O)O)cc1Cl. The number of nitrogens with one attached hydrogen (secondary N) is 1. The Morgan fingerprint density at radius 1 is 1.35 bits per heavy atom. The first-order valence-electron chi connectivity index (χ1n) is 6.19. The predicted molar refractivity (Wildman–Crippen MR) is 76.4 cm³/mol. The van der Waals surface area contributed by atoms with E-state index in [0.717, 1.165) is 6.42 Å². The number of benzene rings is 1. The van der Waals surface area contributed by atoms with Crippen molar-refractivity contribution in [3.05, 3.63) is 28.8 Å². The van der Waals surface area contributed by atoms with Crippen LogP contribution in [0.4, 0.5) is 10.5 Å². The van der Waals surface area contributed by atoms with Crippen LogP contribution < -0.4 is 5.32 Å². The molecular weight excluding hydrogens is 284 g/mol. The van der Waals surface area contributed by atoms with E-state index in [2.05, 4.69) is 5.32 Å². The zero-order valence-corrected chi connectivity index (χ0v) is 11.9. The third-order valence-corrected chi connectivity index (χ3v) is 2.92. The van der Waals surface area contributed by atoms with Gasteiger partial charge < -0.3 is 20.4 Å². The van der Waals surface area contributed by atoms with Crippen molar-refractivity contribution in [1.82, 2.24) is 4.90 Å².